The summed E-state index contributed by atoms with van der Waals surface area (Å²) in [7, 11) is 0. The lowest BCUT2D eigenvalue weighted by Crippen LogP contribution is -2.49. The Morgan fingerprint density at radius 1 is 1.40 bits per heavy atom. The van der Waals surface area contributed by atoms with E-state index in [4.69, 9.17) is 9.72 Å². The zero-order valence-corrected chi connectivity index (χ0v) is 14.1. The molecule has 3 nitrogen and oxygen atoms in total. The van der Waals surface area contributed by atoms with Gasteiger partial charge in [0.1, 0.15) is 5.01 Å². The summed E-state index contributed by atoms with van der Waals surface area (Å²) in [4.78, 5) is 6.32. The fraction of sp³-hybridized carbons (Fsp3) is 0.812. The van der Waals surface area contributed by atoms with Crippen molar-refractivity contribution in [3.8, 4) is 0 Å². The first-order valence-corrected chi connectivity index (χ1v) is 8.80. The molecule has 0 saturated carbocycles. The Kier molecular flexibility index (Phi) is 5.58. The fourth-order valence-electron chi connectivity index (χ4n) is 2.97. The molecule has 0 aliphatic carbocycles. The van der Waals surface area contributed by atoms with Crippen LogP contribution in [0.3, 0.4) is 0 Å². The lowest BCUT2D eigenvalue weighted by atomic mass is 9.86. The van der Waals surface area contributed by atoms with Gasteiger partial charge in [-0.3, -0.25) is 0 Å². The number of hydrogen-bond acceptors (Lipinski definition) is 4. The first kappa shape index (κ1) is 15.9. The third-order valence-corrected chi connectivity index (χ3v) is 5.48. The number of rotatable bonds is 6. The van der Waals surface area contributed by atoms with Gasteiger partial charge >= 0.3 is 0 Å². The van der Waals surface area contributed by atoms with E-state index in [1.165, 1.54) is 15.6 Å². The standard InChI is InChI=1S/C16H28N2OS/c1-5-9-17-16(8-10-19-13(6-2)11-16)15-18-14(7-3)12(4)20-15/h13,17H,5-11H2,1-4H3. The Labute approximate surface area is 127 Å². The third kappa shape index (κ3) is 3.23. The van der Waals surface area contributed by atoms with Crippen molar-refractivity contribution >= 4 is 11.3 Å². The Balaban J connectivity index is 2.29. The minimum atomic E-state index is 0.0395. The summed E-state index contributed by atoms with van der Waals surface area (Å²) in [5, 5.41) is 5.08. The topological polar surface area (TPSA) is 34.2 Å². The van der Waals surface area contributed by atoms with Gasteiger partial charge in [0, 0.05) is 11.5 Å². The Morgan fingerprint density at radius 3 is 2.80 bits per heavy atom. The molecule has 1 aliphatic heterocycles. The van der Waals surface area contributed by atoms with Gasteiger partial charge in [0.25, 0.3) is 0 Å². The number of nitrogens with one attached hydrogen (secondary N) is 1. The highest BCUT2D eigenvalue weighted by molar-refractivity contribution is 7.11. The van der Waals surface area contributed by atoms with E-state index < -0.39 is 0 Å². The molecule has 1 aromatic rings. The predicted molar refractivity (Wildman–Crippen MR) is 85.5 cm³/mol. The summed E-state index contributed by atoms with van der Waals surface area (Å²) in [6.07, 6.45) is 5.73. The van der Waals surface area contributed by atoms with Crippen molar-refractivity contribution < 1.29 is 4.74 Å². The monoisotopic (exact) mass is 296 g/mol. The number of nitrogens with zero attached hydrogens (tertiary/aromatic N) is 1. The first-order chi connectivity index (χ1) is 9.65. The molecule has 2 unspecified atom stereocenters. The fourth-order valence-corrected chi connectivity index (χ4v) is 4.17. The SMILES string of the molecule is CCCNC1(c2nc(CC)c(C)s2)CCOC(CC)C1. The second-order valence-electron chi connectivity index (χ2n) is 5.74. The van der Waals surface area contributed by atoms with E-state index in [0.717, 1.165) is 45.3 Å². The molecule has 2 heterocycles. The molecule has 1 N–H and O–H groups in total. The summed E-state index contributed by atoms with van der Waals surface area (Å²) in [5.74, 6) is 0. The van der Waals surface area contributed by atoms with Crippen molar-refractivity contribution in [2.45, 2.75) is 71.4 Å². The van der Waals surface area contributed by atoms with E-state index in [1.807, 2.05) is 11.3 Å². The van der Waals surface area contributed by atoms with Crippen LogP contribution in [-0.2, 0) is 16.7 Å². The molecule has 1 aliphatic rings. The summed E-state index contributed by atoms with van der Waals surface area (Å²) in [6, 6.07) is 0. The maximum Gasteiger partial charge on any atom is 0.113 e. The van der Waals surface area contributed by atoms with E-state index in [1.54, 1.807) is 0 Å². The van der Waals surface area contributed by atoms with Crippen molar-refractivity contribution in [3.63, 3.8) is 0 Å². The Hall–Kier alpha value is -0.450. The van der Waals surface area contributed by atoms with Crippen molar-refractivity contribution in [1.29, 1.82) is 0 Å². The zero-order valence-electron chi connectivity index (χ0n) is 13.3. The summed E-state index contributed by atoms with van der Waals surface area (Å²) in [6.45, 7) is 10.7. The predicted octanol–water partition coefficient (Wildman–Crippen LogP) is 3.80. The van der Waals surface area contributed by atoms with Crippen LogP contribution in [0.1, 0.15) is 62.0 Å². The molecule has 0 bridgehead atoms. The normalized spacial score (nSPS) is 26.9. The van der Waals surface area contributed by atoms with Crippen molar-refractivity contribution in [1.82, 2.24) is 10.3 Å². The highest BCUT2D eigenvalue weighted by Gasteiger charge is 2.40. The van der Waals surface area contributed by atoms with Crippen molar-refractivity contribution in [2.75, 3.05) is 13.2 Å². The molecule has 0 aromatic carbocycles. The van der Waals surface area contributed by atoms with E-state index in [0.29, 0.717) is 6.10 Å². The van der Waals surface area contributed by atoms with Gasteiger partial charge in [-0.15, -0.1) is 11.3 Å². The number of thiazole rings is 1. The number of aryl methyl sites for hydroxylation is 2. The molecule has 0 amide bonds. The largest absolute Gasteiger partial charge is 0.378 e. The van der Waals surface area contributed by atoms with Crippen LogP contribution >= 0.6 is 11.3 Å². The van der Waals surface area contributed by atoms with Crippen LogP contribution < -0.4 is 5.32 Å². The van der Waals surface area contributed by atoms with Crippen molar-refractivity contribution in [3.05, 3.63) is 15.6 Å². The van der Waals surface area contributed by atoms with Crippen LogP contribution in [0.15, 0.2) is 0 Å². The molecule has 4 heteroatoms. The summed E-state index contributed by atoms with van der Waals surface area (Å²) in [5.41, 5.74) is 1.31. The highest BCUT2D eigenvalue weighted by atomic mass is 32.1. The molecule has 1 aromatic heterocycles. The summed E-state index contributed by atoms with van der Waals surface area (Å²) < 4.78 is 5.88. The van der Waals surface area contributed by atoms with Crippen LogP contribution in [-0.4, -0.2) is 24.2 Å². The van der Waals surface area contributed by atoms with E-state index in [9.17, 15) is 0 Å². The van der Waals surface area contributed by atoms with Gasteiger partial charge in [-0.25, -0.2) is 4.98 Å². The second kappa shape index (κ2) is 7.01. The number of ether oxygens (including phenoxy) is 1. The Bertz CT molecular complexity index is 432. The minimum absolute atomic E-state index is 0.0395. The number of hydrogen-bond donors (Lipinski definition) is 1. The average Bonchev–Trinajstić information content (AvgIpc) is 2.87. The first-order valence-electron chi connectivity index (χ1n) is 7.98. The van der Waals surface area contributed by atoms with E-state index in [2.05, 4.69) is 33.0 Å². The van der Waals surface area contributed by atoms with Gasteiger partial charge < -0.3 is 10.1 Å². The highest BCUT2D eigenvalue weighted by Crippen LogP contribution is 2.38. The summed E-state index contributed by atoms with van der Waals surface area (Å²) >= 11 is 1.88. The van der Waals surface area contributed by atoms with E-state index >= 15 is 0 Å². The molecule has 0 radical (unpaired) electrons. The van der Waals surface area contributed by atoms with Crippen LogP contribution in [0.4, 0.5) is 0 Å². The van der Waals surface area contributed by atoms with Gasteiger partial charge in [-0.2, -0.15) is 0 Å². The molecule has 20 heavy (non-hydrogen) atoms. The second-order valence-corrected chi connectivity index (χ2v) is 6.94. The molecule has 2 atom stereocenters. The molecule has 0 spiro atoms. The smallest absolute Gasteiger partial charge is 0.113 e. The van der Waals surface area contributed by atoms with Crippen LogP contribution in [0, 0.1) is 6.92 Å². The number of aromatic nitrogens is 1. The van der Waals surface area contributed by atoms with E-state index in [-0.39, 0.29) is 5.54 Å². The minimum Gasteiger partial charge on any atom is -0.378 e. The quantitative estimate of drug-likeness (QED) is 0.867. The molecular weight excluding hydrogens is 268 g/mol. The lowest BCUT2D eigenvalue weighted by Gasteiger charge is -2.40. The maximum absolute atomic E-state index is 5.88. The van der Waals surface area contributed by atoms with Gasteiger partial charge in [0.05, 0.1) is 17.3 Å². The van der Waals surface area contributed by atoms with Gasteiger partial charge in [0.2, 0.25) is 0 Å². The zero-order chi connectivity index (χ0) is 14.6. The molecule has 1 saturated heterocycles. The van der Waals surface area contributed by atoms with Crippen LogP contribution in [0.5, 0.6) is 0 Å². The van der Waals surface area contributed by atoms with Crippen LogP contribution in [0.2, 0.25) is 0 Å². The molecule has 1 fully saturated rings. The van der Waals surface area contributed by atoms with Crippen molar-refractivity contribution in [2.24, 2.45) is 0 Å². The molecule has 2 rings (SSSR count). The third-order valence-electron chi connectivity index (χ3n) is 4.26. The molecule has 114 valence electrons. The average molecular weight is 296 g/mol. The lowest BCUT2D eigenvalue weighted by molar-refractivity contribution is -0.0323. The maximum atomic E-state index is 5.88. The van der Waals surface area contributed by atoms with Gasteiger partial charge in [-0.1, -0.05) is 20.8 Å². The van der Waals surface area contributed by atoms with Crippen LogP contribution in [0.25, 0.3) is 0 Å². The molecular formula is C16H28N2OS. The van der Waals surface area contributed by atoms with Gasteiger partial charge in [0.15, 0.2) is 0 Å². The van der Waals surface area contributed by atoms with Gasteiger partial charge in [-0.05, 0) is 45.6 Å². The Morgan fingerprint density at radius 2 is 2.20 bits per heavy atom.